The molecule has 1 aliphatic carbocycles. The van der Waals surface area contributed by atoms with E-state index in [0.29, 0.717) is 5.92 Å². The van der Waals surface area contributed by atoms with Gasteiger partial charge in [0.05, 0.1) is 23.6 Å². The van der Waals surface area contributed by atoms with E-state index < -0.39 is 0 Å². The van der Waals surface area contributed by atoms with Crippen LogP contribution >= 0.6 is 0 Å². The van der Waals surface area contributed by atoms with Crippen LogP contribution in [0, 0.1) is 6.92 Å². The number of nitrogens with one attached hydrogen (secondary N) is 1. The van der Waals surface area contributed by atoms with Gasteiger partial charge in [-0.2, -0.15) is 0 Å². The van der Waals surface area contributed by atoms with Crippen LogP contribution in [0.5, 0.6) is 0 Å². The second kappa shape index (κ2) is 6.48. The maximum atomic E-state index is 13.1. The lowest BCUT2D eigenvalue weighted by Gasteiger charge is -2.34. The monoisotopic (exact) mass is 360 g/mol. The van der Waals surface area contributed by atoms with Crippen LogP contribution in [0.1, 0.15) is 55.1 Å². The minimum atomic E-state index is -0.0137. The van der Waals surface area contributed by atoms with Gasteiger partial charge in [0.2, 0.25) is 0 Å². The van der Waals surface area contributed by atoms with Crippen molar-refractivity contribution < 1.29 is 4.79 Å². The van der Waals surface area contributed by atoms with Crippen LogP contribution < -0.4 is 5.32 Å². The average Bonchev–Trinajstić information content (AvgIpc) is 3.49. The summed E-state index contributed by atoms with van der Waals surface area (Å²) in [6, 6.07) is 10.9. The Morgan fingerprint density at radius 2 is 1.96 bits per heavy atom. The predicted octanol–water partition coefficient (Wildman–Crippen LogP) is 4.51. The van der Waals surface area contributed by atoms with Crippen molar-refractivity contribution >= 4 is 17.3 Å². The van der Waals surface area contributed by atoms with Gasteiger partial charge in [-0.15, -0.1) is 0 Å². The van der Waals surface area contributed by atoms with Gasteiger partial charge in [-0.1, -0.05) is 36.4 Å². The number of hydrogen-bond acceptors (Lipinski definition) is 3. The summed E-state index contributed by atoms with van der Waals surface area (Å²) in [4.78, 5) is 24.0. The molecular weight excluding hydrogens is 336 g/mol. The van der Waals surface area contributed by atoms with Crippen molar-refractivity contribution in [2.45, 2.75) is 57.0 Å². The third-order valence-corrected chi connectivity index (χ3v) is 5.92. The van der Waals surface area contributed by atoms with Crippen molar-refractivity contribution in [1.29, 1.82) is 0 Å². The van der Waals surface area contributed by atoms with Crippen LogP contribution in [-0.4, -0.2) is 33.0 Å². The van der Waals surface area contributed by atoms with Crippen molar-refractivity contribution in [2.75, 3.05) is 5.32 Å². The molecule has 5 rings (SSSR count). The molecule has 27 heavy (non-hydrogen) atoms. The Morgan fingerprint density at radius 1 is 1.15 bits per heavy atom. The minimum Gasteiger partial charge on any atom is -0.315 e. The van der Waals surface area contributed by atoms with Crippen LogP contribution in [0.4, 0.5) is 10.5 Å². The van der Waals surface area contributed by atoms with Crippen LogP contribution in [0.25, 0.3) is 5.57 Å². The first-order chi connectivity index (χ1) is 13.2. The molecule has 2 atom stereocenters. The molecule has 1 N–H and O–H groups in total. The van der Waals surface area contributed by atoms with Gasteiger partial charge in [-0.05, 0) is 50.2 Å². The van der Waals surface area contributed by atoms with E-state index in [-0.39, 0.29) is 18.1 Å². The summed E-state index contributed by atoms with van der Waals surface area (Å²) >= 11 is 0. The number of rotatable bonds is 3. The van der Waals surface area contributed by atoms with Gasteiger partial charge in [-0.3, -0.25) is 0 Å². The molecule has 3 heterocycles. The average molecular weight is 360 g/mol. The number of benzene rings is 1. The highest BCUT2D eigenvalue weighted by molar-refractivity contribution is 5.91. The Balaban J connectivity index is 1.37. The third kappa shape index (κ3) is 3.11. The molecule has 2 amide bonds. The summed E-state index contributed by atoms with van der Waals surface area (Å²) in [6.07, 6.45) is 9.37. The molecule has 0 spiro atoms. The summed E-state index contributed by atoms with van der Waals surface area (Å²) < 4.78 is 0. The van der Waals surface area contributed by atoms with Gasteiger partial charge in [0.1, 0.15) is 5.82 Å². The number of carbonyl (C=O) groups excluding carboxylic acids is 1. The minimum absolute atomic E-state index is 0.0137. The fourth-order valence-corrected chi connectivity index (χ4v) is 4.44. The number of anilines is 1. The van der Waals surface area contributed by atoms with Gasteiger partial charge in [0.25, 0.3) is 0 Å². The maximum absolute atomic E-state index is 13.1. The number of nitrogens with zero attached hydrogens (tertiary/aromatic N) is 3. The SMILES string of the molecule is Cc1ncc(NC(=O)N2C3C=C(c4ccccc4)CC2CC3)c(C2CC2)n1. The van der Waals surface area contributed by atoms with Crippen molar-refractivity contribution in [3.05, 3.63) is 59.7 Å². The Hall–Kier alpha value is -2.69. The highest BCUT2D eigenvalue weighted by Gasteiger charge is 2.40. The third-order valence-electron chi connectivity index (χ3n) is 5.92. The summed E-state index contributed by atoms with van der Waals surface area (Å²) in [5, 5.41) is 3.12. The summed E-state index contributed by atoms with van der Waals surface area (Å²) in [5.41, 5.74) is 4.42. The van der Waals surface area contributed by atoms with Crippen LogP contribution in [0.3, 0.4) is 0 Å². The highest BCUT2D eigenvalue weighted by Crippen LogP contribution is 2.43. The van der Waals surface area contributed by atoms with Gasteiger partial charge >= 0.3 is 6.03 Å². The molecule has 2 aromatic rings. The largest absolute Gasteiger partial charge is 0.322 e. The molecular formula is C22H24N4O. The molecule has 2 fully saturated rings. The second-order valence-electron chi connectivity index (χ2n) is 7.89. The van der Waals surface area contributed by atoms with Crippen molar-refractivity contribution in [3.8, 4) is 0 Å². The maximum Gasteiger partial charge on any atom is 0.322 e. The fourth-order valence-electron chi connectivity index (χ4n) is 4.44. The number of aromatic nitrogens is 2. The summed E-state index contributed by atoms with van der Waals surface area (Å²) in [7, 11) is 0. The summed E-state index contributed by atoms with van der Waals surface area (Å²) in [6.45, 7) is 1.90. The number of hydrogen-bond donors (Lipinski definition) is 1. The van der Waals surface area contributed by atoms with Crippen LogP contribution in [-0.2, 0) is 0 Å². The molecule has 2 aliphatic heterocycles. The topological polar surface area (TPSA) is 58.1 Å². The summed E-state index contributed by atoms with van der Waals surface area (Å²) in [5.74, 6) is 1.24. The fraction of sp³-hybridized carbons (Fsp3) is 0.409. The number of fused-ring (bicyclic) bond motifs is 2. The van der Waals surface area contributed by atoms with Crippen LogP contribution in [0.15, 0.2) is 42.6 Å². The molecule has 5 nitrogen and oxygen atoms in total. The van der Waals surface area contributed by atoms with Crippen LogP contribution in [0.2, 0.25) is 0 Å². The first-order valence-electron chi connectivity index (χ1n) is 9.88. The lowest BCUT2D eigenvalue weighted by molar-refractivity contribution is 0.193. The molecule has 5 heteroatoms. The van der Waals surface area contributed by atoms with E-state index in [1.54, 1.807) is 6.20 Å². The number of urea groups is 1. The van der Waals surface area contributed by atoms with Gasteiger partial charge in [-0.25, -0.2) is 14.8 Å². The van der Waals surface area contributed by atoms with Crippen molar-refractivity contribution in [3.63, 3.8) is 0 Å². The Morgan fingerprint density at radius 3 is 2.70 bits per heavy atom. The van der Waals surface area contributed by atoms with Gasteiger partial charge in [0, 0.05) is 12.0 Å². The standard InChI is InChI=1S/C22H24N4O/c1-14-23-13-20(21(24-14)16-7-8-16)25-22(27)26-18-9-10-19(26)12-17(11-18)15-5-3-2-4-6-15/h2-6,11,13,16,18-19H,7-10,12H2,1H3,(H,25,27). The molecule has 3 aliphatic rings. The van der Waals surface area contributed by atoms with Crippen molar-refractivity contribution in [1.82, 2.24) is 14.9 Å². The molecule has 2 unspecified atom stereocenters. The molecule has 1 saturated heterocycles. The molecule has 0 radical (unpaired) electrons. The smallest absolute Gasteiger partial charge is 0.315 e. The lowest BCUT2D eigenvalue weighted by Crippen LogP contribution is -2.45. The van der Waals surface area contributed by atoms with Crippen molar-refractivity contribution in [2.24, 2.45) is 0 Å². The predicted molar refractivity (Wildman–Crippen MR) is 105 cm³/mol. The van der Waals surface area contributed by atoms with Gasteiger partial charge < -0.3 is 10.2 Å². The van der Waals surface area contributed by atoms with E-state index in [1.807, 2.05) is 17.9 Å². The van der Waals surface area contributed by atoms with E-state index >= 15 is 0 Å². The Labute approximate surface area is 159 Å². The highest BCUT2D eigenvalue weighted by atomic mass is 16.2. The zero-order chi connectivity index (χ0) is 18.4. The Bertz CT molecular complexity index is 904. The van der Waals surface area contributed by atoms with Gasteiger partial charge in [0.15, 0.2) is 0 Å². The molecule has 2 bridgehead atoms. The number of amides is 2. The molecule has 1 saturated carbocycles. The number of aryl methyl sites for hydroxylation is 1. The zero-order valence-corrected chi connectivity index (χ0v) is 15.6. The quantitative estimate of drug-likeness (QED) is 0.876. The molecule has 1 aromatic heterocycles. The number of carbonyl (C=O) groups is 1. The molecule has 138 valence electrons. The molecule has 1 aromatic carbocycles. The Kier molecular flexibility index (Phi) is 3.96. The van der Waals surface area contributed by atoms with E-state index in [9.17, 15) is 4.79 Å². The normalized spacial score (nSPS) is 23.9. The first kappa shape index (κ1) is 16.5. The second-order valence-corrected chi connectivity index (χ2v) is 7.89. The lowest BCUT2D eigenvalue weighted by atomic mass is 9.95. The van der Waals surface area contributed by atoms with E-state index in [1.165, 1.54) is 11.1 Å². The first-order valence-corrected chi connectivity index (χ1v) is 9.88. The van der Waals surface area contributed by atoms with E-state index in [2.05, 4.69) is 45.6 Å². The van der Waals surface area contributed by atoms with E-state index in [4.69, 9.17) is 0 Å². The zero-order valence-electron chi connectivity index (χ0n) is 15.6. The van der Waals surface area contributed by atoms with E-state index in [0.717, 1.165) is 49.3 Å².